The molecule has 0 bridgehead atoms. The quantitative estimate of drug-likeness (QED) is 0.156. The third-order valence-corrected chi connectivity index (χ3v) is 7.11. The normalized spacial score (nSPS) is 11.6. The van der Waals surface area contributed by atoms with E-state index in [4.69, 9.17) is 32.7 Å². The highest BCUT2D eigenvalue weighted by Gasteiger charge is 2.25. The summed E-state index contributed by atoms with van der Waals surface area (Å²) in [6, 6.07) is 16.5. The maximum Gasteiger partial charge on any atom is 0.262 e. The van der Waals surface area contributed by atoms with Gasteiger partial charge in [-0.25, -0.2) is 5.43 Å². The molecule has 0 radical (unpaired) electrons. The molecule has 39 heavy (non-hydrogen) atoms. The second-order valence-electron chi connectivity index (χ2n) is 8.65. The van der Waals surface area contributed by atoms with Gasteiger partial charge in [0.25, 0.3) is 11.8 Å². The Morgan fingerprint density at radius 3 is 2.54 bits per heavy atom. The van der Waals surface area contributed by atoms with Crippen molar-refractivity contribution in [1.29, 1.82) is 5.26 Å². The maximum absolute atomic E-state index is 12.8. The molecule has 0 aliphatic rings. The summed E-state index contributed by atoms with van der Waals surface area (Å²) >= 11 is 14.0. The maximum atomic E-state index is 12.8. The Morgan fingerprint density at radius 2 is 1.87 bits per heavy atom. The van der Waals surface area contributed by atoms with Gasteiger partial charge in [0.1, 0.15) is 12.6 Å². The van der Waals surface area contributed by atoms with E-state index in [-0.39, 0.29) is 23.1 Å². The van der Waals surface area contributed by atoms with Crippen LogP contribution in [0.3, 0.4) is 0 Å². The number of carbonyl (C=O) groups is 2. The standard InChI is InChI=1S/C28H25Cl2IN4O4/c1-16(2)25(34-27(36)18-8-9-21(29)22(30)12-18)28(37)35-33-14-17-10-23(31)26(24(11-17)38-3)39-15-20-7-5-4-6-19(20)13-32/h4-12,14,16,25H,15H2,1-3H3,(H,34,36)(H,35,37). The first-order valence-corrected chi connectivity index (χ1v) is 13.5. The smallest absolute Gasteiger partial charge is 0.262 e. The number of hydrazone groups is 1. The topological polar surface area (TPSA) is 113 Å². The van der Waals surface area contributed by atoms with E-state index in [0.717, 1.165) is 9.13 Å². The van der Waals surface area contributed by atoms with Crippen LogP contribution >= 0.6 is 45.8 Å². The van der Waals surface area contributed by atoms with Gasteiger partial charge in [-0.1, -0.05) is 55.2 Å². The molecule has 0 aliphatic carbocycles. The van der Waals surface area contributed by atoms with Crippen LogP contribution in [0.4, 0.5) is 0 Å². The van der Waals surface area contributed by atoms with Crippen molar-refractivity contribution in [2.75, 3.05) is 7.11 Å². The molecular formula is C28H25Cl2IN4O4. The molecule has 8 nitrogen and oxygen atoms in total. The van der Waals surface area contributed by atoms with Crippen LogP contribution in [-0.2, 0) is 11.4 Å². The second-order valence-corrected chi connectivity index (χ2v) is 10.6. The van der Waals surface area contributed by atoms with Gasteiger partial charge in [-0.15, -0.1) is 0 Å². The fourth-order valence-electron chi connectivity index (χ4n) is 3.50. The molecule has 0 saturated carbocycles. The first kappa shape index (κ1) is 30.2. The molecule has 2 N–H and O–H groups in total. The van der Waals surface area contributed by atoms with Crippen LogP contribution in [0.5, 0.6) is 11.5 Å². The third kappa shape index (κ3) is 8.08. The van der Waals surface area contributed by atoms with Gasteiger partial charge in [0.05, 0.1) is 38.6 Å². The van der Waals surface area contributed by atoms with Gasteiger partial charge in [-0.2, -0.15) is 10.4 Å². The predicted molar refractivity (Wildman–Crippen MR) is 159 cm³/mol. The molecule has 0 heterocycles. The molecule has 3 aromatic carbocycles. The molecule has 1 atom stereocenters. The number of hydrogen-bond acceptors (Lipinski definition) is 6. The van der Waals surface area contributed by atoms with Gasteiger partial charge < -0.3 is 14.8 Å². The Hall–Kier alpha value is -3.33. The number of halogens is 3. The molecular weight excluding hydrogens is 654 g/mol. The zero-order valence-electron chi connectivity index (χ0n) is 21.3. The summed E-state index contributed by atoms with van der Waals surface area (Å²) in [6.45, 7) is 3.82. The molecule has 0 aliphatic heterocycles. The van der Waals surface area contributed by atoms with Crippen LogP contribution in [0.2, 0.25) is 10.0 Å². The lowest BCUT2D eigenvalue weighted by molar-refractivity contribution is -0.123. The van der Waals surface area contributed by atoms with Crippen molar-refractivity contribution in [2.24, 2.45) is 11.0 Å². The summed E-state index contributed by atoms with van der Waals surface area (Å²) in [4.78, 5) is 25.5. The molecule has 0 aromatic heterocycles. The van der Waals surface area contributed by atoms with Gasteiger partial charge in [0.15, 0.2) is 11.5 Å². The molecule has 3 rings (SSSR count). The number of rotatable bonds is 10. The molecule has 11 heteroatoms. The minimum absolute atomic E-state index is 0.199. The average Bonchev–Trinajstić information content (AvgIpc) is 2.92. The van der Waals surface area contributed by atoms with Crippen molar-refractivity contribution >= 4 is 63.8 Å². The van der Waals surface area contributed by atoms with Crippen LogP contribution in [-0.4, -0.2) is 31.2 Å². The lowest BCUT2D eigenvalue weighted by Gasteiger charge is -2.20. The SMILES string of the molecule is COc1cc(C=NNC(=O)C(NC(=O)c2ccc(Cl)c(Cl)c2)C(C)C)cc(I)c1OCc1ccccc1C#N. The number of methoxy groups -OCH3 is 1. The zero-order chi connectivity index (χ0) is 28.5. The Balaban J connectivity index is 1.68. The molecule has 0 fully saturated rings. The fourth-order valence-corrected chi connectivity index (χ4v) is 4.58. The van der Waals surface area contributed by atoms with Gasteiger partial charge in [0, 0.05) is 11.1 Å². The Bertz CT molecular complexity index is 1440. The highest BCUT2D eigenvalue weighted by molar-refractivity contribution is 14.1. The van der Waals surface area contributed by atoms with Crippen molar-refractivity contribution in [3.8, 4) is 17.6 Å². The number of hydrogen-bond donors (Lipinski definition) is 2. The van der Waals surface area contributed by atoms with E-state index in [0.29, 0.717) is 27.6 Å². The predicted octanol–water partition coefficient (Wildman–Crippen LogP) is 5.96. The summed E-state index contributed by atoms with van der Waals surface area (Å²) in [7, 11) is 1.52. The van der Waals surface area contributed by atoms with Crippen LogP contribution in [0.1, 0.15) is 40.9 Å². The minimum atomic E-state index is -0.842. The second kappa shape index (κ2) is 14.2. The number of amides is 2. The van der Waals surface area contributed by atoms with Crippen LogP contribution < -0.4 is 20.2 Å². The van der Waals surface area contributed by atoms with Gasteiger partial charge in [-0.3, -0.25) is 9.59 Å². The Morgan fingerprint density at radius 1 is 1.13 bits per heavy atom. The largest absolute Gasteiger partial charge is 0.493 e. The number of ether oxygens (including phenoxy) is 2. The minimum Gasteiger partial charge on any atom is -0.493 e. The third-order valence-electron chi connectivity index (χ3n) is 5.57. The van der Waals surface area contributed by atoms with Crippen LogP contribution in [0, 0.1) is 20.8 Å². The highest BCUT2D eigenvalue weighted by Crippen LogP contribution is 2.34. The number of nitrogens with one attached hydrogen (secondary N) is 2. The van der Waals surface area contributed by atoms with Crippen LogP contribution in [0.25, 0.3) is 0 Å². The van der Waals surface area contributed by atoms with Crippen molar-refractivity contribution in [3.63, 3.8) is 0 Å². The average molecular weight is 679 g/mol. The number of nitrogens with zero attached hydrogens (tertiary/aromatic N) is 2. The lowest BCUT2D eigenvalue weighted by atomic mass is 10.0. The summed E-state index contributed by atoms with van der Waals surface area (Å²) in [6.07, 6.45) is 1.47. The summed E-state index contributed by atoms with van der Waals surface area (Å²) in [5, 5.41) is 16.7. The molecule has 1 unspecified atom stereocenters. The van der Waals surface area contributed by atoms with Crippen molar-refractivity contribution < 1.29 is 19.1 Å². The monoisotopic (exact) mass is 678 g/mol. The molecule has 3 aromatic rings. The number of carbonyl (C=O) groups excluding carboxylic acids is 2. The molecule has 0 saturated heterocycles. The Kier molecular flexibility index (Phi) is 11.0. The fraction of sp³-hybridized carbons (Fsp3) is 0.214. The van der Waals surface area contributed by atoms with Gasteiger partial charge in [0.2, 0.25) is 0 Å². The van der Waals surface area contributed by atoms with E-state index in [9.17, 15) is 14.9 Å². The summed E-state index contributed by atoms with van der Waals surface area (Å²) in [5.41, 5.74) is 4.72. The van der Waals surface area contributed by atoms with Crippen molar-refractivity contribution in [3.05, 3.63) is 90.5 Å². The van der Waals surface area contributed by atoms with E-state index in [1.165, 1.54) is 31.5 Å². The summed E-state index contributed by atoms with van der Waals surface area (Å²) in [5.74, 6) is -0.156. The van der Waals surface area contributed by atoms with E-state index >= 15 is 0 Å². The van der Waals surface area contributed by atoms with Gasteiger partial charge >= 0.3 is 0 Å². The van der Waals surface area contributed by atoms with E-state index in [1.54, 1.807) is 18.2 Å². The van der Waals surface area contributed by atoms with Gasteiger partial charge in [-0.05, 0) is 70.5 Å². The molecule has 0 spiro atoms. The van der Waals surface area contributed by atoms with E-state index in [2.05, 4.69) is 44.5 Å². The van der Waals surface area contributed by atoms with Crippen LogP contribution in [0.15, 0.2) is 59.7 Å². The van der Waals surface area contributed by atoms with Crippen molar-refractivity contribution in [1.82, 2.24) is 10.7 Å². The van der Waals surface area contributed by atoms with Crippen molar-refractivity contribution in [2.45, 2.75) is 26.5 Å². The van der Waals surface area contributed by atoms with E-state index in [1.807, 2.05) is 32.0 Å². The molecule has 202 valence electrons. The number of benzene rings is 3. The lowest BCUT2D eigenvalue weighted by Crippen LogP contribution is -2.48. The van der Waals surface area contributed by atoms with E-state index < -0.39 is 17.9 Å². The molecule has 2 amide bonds. The first-order chi connectivity index (χ1) is 18.6. The number of nitriles is 1. The zero-order valence-corrected chi connectivity index (χ0v) is 25.0. The highest BCUT2D eigenvalue weighted by atomic mass is 127. The Labute approximate surface area is 250 Å². The summed E-state index contributed by atoms with van der Waals surface area (Å²) < 4.78 is 12.2. The first-order valence-electron chi connectivity index (χ1n) is 11.7.